The van der Waals surface area contributed by atoms with E-state index in [1.54, 1.807) is 0 Å². The second kappa shape index (κ2) is 6.49. The van der Waals surface area contributed by atoms with Crippen LogP contribution in [0.1, 0.15) is 35.2 Å². The molecule has 1 unspecified atom stereocenters. The standard InChI is InChI=1S/C18H26N2O3/c1-19(2)13-18(22)7-3-9-20(10-8-18)17(21)15-4-5-16-14(12-15)6-11-23-16/h4-5,12,22H,3,6-11,13H2,1-2H3. The van der Waals surface area contributed by atoms with Crippen molar-refractivity contribution in [2.75, 3.05) is 40.3 Å². The van der Waals surface area contributed by atoms with Crippen molar-refractivity contribution >= 4 is 5.91 Å². The number of rotatable bonds is 3. The van der Waals surface area contributed by atoms with Gasteiger partial charge in [-0.1, -0.05) is 0 Å². The number of ether oxygens (including phenoxy) is 1. The average molecular weight is 318 g/mol. The summed E-state index contributed by atoms with van der Waals surface area (Å²) in [6, 6.07) is 5.71. The van der Waals surface area contributed by atoms with Gasteiger partial charge in [0.1, 0.15) is 5.75 Å². The van der Waals surface area contributed by atoms with Gasteiger partial charge in [0.15, 0.2) is 0 Å². The number of benzene rings is 1. The lowest BCUT2D eigenvalue weighted by Gasteiger charge is -2.30. The molecule has 1 aromatic rings. The fraction of sp³-hybridized carbons (Fsp3) is 0.611. The van der Waals surface area contributed by atoms with Gasteiger partial charge in [0, 0.05) is 31.6 Å². The normalized spacial score (nSPS) is 24.3. The van der Waals surface area contributed by atoms with Crippen LogP contribution in [0.25, 0.3) is 0 Å². The third-order valence-electron chi connectivity index (χ3n) is 4.75. The molecule has 3 rings (SSSR count). The van der Waals surface area contributed by atoms with Gasteiger partial charge in [0.25, 0.3) is 5.91 Å². The molecule has 1 N–H and O–H groups in total. The Balaban J connectivity index is 1.68. The van der Waals surface area contributed by atoms with Gasteiger partial charge >= 0.3 is 0 Å². The summed E-state index contributed by atoms with van der Waals surface area (Å²) in [6.07, 6.45) is 3.08. The van der Waals surface area contributed by atoms with E-state index >= 15 is 0 Å². The van der Waals surface area contributed by atoms with Gasteiger partial charge in [-0.15, -0.1) is 0 Å². The van der Waals surface area contributed by atoms with E-state index in [1.165, 1.54) is 0 Å². The van der Waals surface area contributed by atoms with Crippen LogP contribution in [-0.2, 0) is 6.42 Å². The topological polar surface area (TPSA) is 53.0 Å². The maximum atomic E-state index is 12.8. The molecule has 23 heavy (non-hydrogen) atoms. The number of carbonyl (C=O) groups excluding carboxylic acids is 1. The number of hydrogen-bond donors (Lipinski definition) is 1. The number of amides is 1. The zero-order valence-electron chi connectivity index (χ0n) is 14.0. The van der Waals surface area contributed by atoms with Crippen molar-refractivity contribution in [3.8, 4) is 5.75 Å². The van der Waals surface area contributed by atoms with Gasteiger partial charge in [0.2, 0.25) is 0 Å². The Morgan fingerprint density at radius 3 is 2.96 bits per heavy atom. The van der Waals surface area contributed by atoms with E-state index in [-0.39, 0.29) is 5.91 Å². The lowest BCUT2D eigenvalue weighted by Crippen LogP contribution is -2.41. The highest BCUT2D eigenvalue weighted by atomic mass is 16.5. The van der Waals surface area contributed by atoms with Gasteiger partial charge in [-0.25, -0.2) is 0 Å². The highest BCUT2D eigenvalue weighted by Gasteiger charge is 2.32. The van der Waals surface area contributed by atoms with E-state index in [1.807, 2.05) is 42.1 Å². The number of carbonyl (C=O) groups is 1. The summed E-state index contributed by atoms with van der Waals surface area (Å²) >= 11 is 0. The summed E-state index contributed by atoms with van der Waals surface area (Å²) in [5, 5.41) is 10.7. The molecule has 0 aromatic heterocycles. The summed E-state index contributed by atoms with van der Waals surface area (Å²) in [6.45, 7) is 2.67. The molecule has 0 bridgehead atoms. The Labute approximate surface area is 137 Å². The number of nitrogens with zero attached hydrogens (tertiary/aromatic N) is 2. The van der Waals surface area contributed by atoms with Crippen LogP contribution < -0.4 is 4.74 Å². The van der Waals surface area contributed by atoms with Crippen LogP contribution in [0.5, 0.6) is 5.75 Å². The van der Waals surface area contributed by atoms with Crippen LogP contribution in [0.15, 0.2) is 18.2 Å². The highest BCUT2D eigenvalue weighted by molar-refractivity contribution is 5.94. The summed E-state index contributed by atoms with van der Waals surface area (Å²) in [5.74, 6) is 0.964. The third kappa shape index (κ3) is 3.67. The van der Waals surface area contributed by atoms with Crippen molar-refractivity contribution in [1.29, 1.82) is 0 Å². The van der Waals surface area contributed by atoms with Gasteiger partial charge < -0.3 is 19.6 Å². The average Bonchev–Trinajstić information content (AvgIpc) is 2.88. The number of hydrogen-bond acceptors (Lipinski definition) is 4. The first-order valence-electron chi connectivity index (χ1n) is 8.39. The minimum atomic E-state index is -0.690. The largest absolute Gasteiger partial charge is 0.493 e. The fourth-order valence-electron chi connectivity index (χ4n) is 3.63. The molecule has 0 spiro atoms. The van der Waals surface area contributed by atoms with Crippen molar-refractivity contribution in [2.45, 2.75) is 31.3 Å². The van der Waals surface area contributed by atoms with Gasteiger partial charge in [-0.3, -0.25) is 4.79 Å². The first-order valence-corrected chi connectivity index (χ1v) is 8.39. The summed E-state index contributed by atoms with van der Waals surface area (Å²) in [4.78, 5) is 16.7. The predicted octanol–water partition coefficient (Wildman–Crippen LogP) is 1.54. The van der Waals surface area contributed by atoms with Crippen LogP contribution >= 0.6 is 0 Å². The zero-order chi connectivity index (χ0) is 16.4. The Hall–Kier alpha value is -1.59. The van der Waals surface area contributed by atoms with E-state index in [4.69, 9.17) is 4.74 Å². The molecule has 1 fully saturated rings. The van der Waals surface area contributed by atoms with E-state index in [0.717, 1.165) is 36.1 Å². The number of likely N-dealkylation sites (N-methyl/N-ethyl adjacent to an activating group) is 1. The van der Waals surface area contributed by atoms with Crippen molar-refractivity contribution in [3.63, 3.8) is 0 Å². The lowest BCUT2D eigenvalue weighted by atomic mass is 9.94. The fourth-order valence-corrected chi connectivity index (χ4v) is 3.63. The number of likely N-dealkylation sites (tertiary alicyclic amines) is 1. The molecule has 2 heterocycles. The quantitative estimate of drug-likeness (QED) is 0.918. The van der Waals surface area contributed by atoms with Crippen molar-refractivity contribution in [3.05, 3.63) is 29.3 Å². The molecule has 5 heteroatoms. The van der Waals surface area contributed by atoms with Gasteiger partial charge in [0.05, 0.1) is 12.2 Å². The SMILES string of the molecule is CN(C)CC1(O)CCCN(C(=O)c2ccc3c(c2)CCO3)CC1. The van der Waals surface area contributed by atoms with E-state index in [9.17, 15) is 9.90 Å². The molecule has 0 radical (unpaired) electrons. The molecule has 2 aliphatic heterocycles. The molecule has 0 saturated carbocycles. The maximum Gasteiger partial charge on any atom is 0.253 e. The molecule has 1 amide bonds. The molecule has 5 nitrogen and oxygen atoms in total. The van der Waals surface area contributed by atoms with E-state index in [0.29, 0.717) is 32.7 Å². The molecule has 126 valence electrons. The number of fused-ring (bicyclic) bond motifs is 1. The molecular weight excluding hydrogens is 292 g/mol. The summed E-state index contributed by atoms with van der Waals surface area (Å²) < 4.78 is 5.50. The summed E-state index contributed by atoms with van der Waals surface area (Å²) in [7, 11) is 3.94. The zero-order valence-corrected chi connectivity index (χ0v) is 14.0. The molecule has 1 aromatic carbocycles. The Bertz CT molecular complexity index is 588. The van der Waals surface area contributed by atoms with E-state index < -0.39 is 5.60 Å². The number of aliphatic hydroxyl groups is 1. The van der Waals surface area contributed by atoms with Gasteiger partial charge in [-0.2, -0.15) is 0 Å². The Morgan fingerprint density at radius 1 is 1.35 bits per heavy atom. The minimum absolute atomic E-state index is 0.0637. The molecule has 0 aliphatic carbocycles. The Kier molecular flexibility index (Phi) is 4.60. The Morgan fingerprint density at radius 2 is 2.17 bits per heavy atom. The second-order valence-electron chi connectivity index (χ2n) is 7.03. The van der Waals surface area contributed by atoms with Gasteiger partial charge in [-0.05, 0) is 57.1 Å². The van der Waals surface area contributed by atoms with Crippen molar-refractivity contribution < 1.29 is 14.6 Å². The van der Waals surface area contributed by atoms with Crippen molar-refractivity contribution in [1.82, 2.24) is 9.80 Å². The monoisotopic (exact) mass is 318 g/mol. The van der Waals surface area contributed by atoms with Crippen LogP contribution in [-0.4, -0.2) is 66.8 Å². The molecule has 2 aliphatic rings. The molecular formula is C18H26N2O3. The smallest absolute Gasteiger partial charge is 0.253 e. The molecule has 1 atom stereocenters. The first-order chi connectivity index (χ1) is 11.0. The minimum Gasteiger partial charge on any atom is -0.493 e. The first kappa shape index (κ1) is 16.3. The van der Waals surface area contributed by atoms with E-state index in [2.05, 4.69) is 0 Å². The molecule has 1 saturated heterocycles. The predicted molar refractivity (Wildman–Crippen MR) is 88.9 cm³/mol. The lowest BCUT2D eigenvalue weighted by molar-refractivity contribution is 0.00305. The van der Waals surface area contributed by atoms with Crippen molar-refractivity contribution in [2.24, 2.45) is 0 Å². The summed E-state index contributed by atoms with van der Waals surface area (Å²) in [5.41, 5.74) is 1.16. The van der Waals surface area contributed by atoms with Crippen LogP contribution in [0.4, 0.5) is 0 Å². The maximum absolute atomic E-state index is 12.8. The van der Waals surface area contributed by atoms with Crippen LogP contribution in [0.2, 0.25) is 0 Å². The third-order valence-corrected chi connectivity index (χ3v) is 4.75. The highest BCUT2D eigenvalue weighted by Crippen LogP contribution is 2.28. The van der Waals surface area contributed by atoms with Crippen LogP contribution in [0.3, 0.4) is 0 Å². The second-order valence-corrected chi connectivity index (χ2v) is 7.03. The van der Waals surface area contributed by atoms with Crippen LogP contribution in [0, 0.1) is 0 Å².